The zero-order valence-electron chi connectivity index (χ0n) is 19.3. The summed E-state index contributed by atoms with van der Waals surface area (Å²) in [5.41, 5.74) is 0. The van der Waals surface area contributed by atoms with Crippen molar-refractivity contribution in [2.24, 2.45) is 22.7 Å². The van der Waals surface area contributed by atoms with Gasteiger partial charge in [0, 0.05) is 59.2 Å². The molecule has 29 heavy (non-hydrogen) atoms. The lowest BCUT2D eigenvalue weighted by Gasteiger charge is -2.34. The number of guanidine groups is 1. The first-order chi connectivity index (χ1) is 14.2. The lowest BCUT2D eigenvalue weighted by Crippen LogP contribution is -2.40. The van der Waals surface area contributed by atoms with Gasteiger partial charge in [0.2, 0.25) is 0 Å². The van der Waals surface area contributed by atoms with E-state index in [9.17, 15) is 0 Å². The average Bonchev–Trinajstić information content (AvgIpc) is 2.70. The second kappa shape index (κ2) is 15.0. The topological polar surface area (TPSA) is 58.1 Å². The van der Waals surface area contributed by atoms with Gasteiger partial charge in [0.25, 0.3) is 0 Å². The molecule has 2 fully saturated rings. The quantitative estimate of drug-likeness (QED) is 0.294. The molecule has 0 aliphatic carbocycles. The SMILES string of the molecule is CCNC(=NCCCOCC1CCOCC1)NCCCCN1CC(C)CC(C)C1. The molecular weight excluding hydrogens is 364 g/mol. The van der Waals surface area contributed by atoms with Crippen molar-refractivity contribution in [3.63, 3.8) is 0 Å². The van der Waals surface area contributed by atoms with E-state index >= 15 is 0 Å². The highest BCUT2D eigenvalue weighted by molar-refractivity contribution is 5.79. The molecule has 2 N–H and O–H groups in total. The van der Waals surface area contributed by atoms with E-state index in [1.807, 2.05) is 0 Å². The lowest BCUT2D eigenvalue weighted by molar-refractivity contribution is 0.0205. The van der Waals surface area contributed by atoms with Crippen LogP contribution in [0, 0.1) is 17.8 Å². The van der Waals surface area contributed by atoms with Gasteiger partial charge < -0.3 is 25.0 Å². The lowest BCUT2D eigenvalue weighted by atomic mass is 9.92. The van der Waals surface area contributed by atoms with Crippen LogP contribution in [0.4, 0.5) is 0 Å². The first-order valence-electron chi connectivity index (χ1n) is 12.1. The van der Waals surface area contributed by atoms with E-state index in [-0.39, 0.29) is 0 Å². The number of unbranched alkanes of at least 4 members (excludes halogenated alkanes) is 1. The molecule has 0 saturated carbocycles. The van der Waals surface area contributed by atoms with E-state index in [1.165, 1.54) is 38.9 Å². The molecule has 170 valence electrons. The van der Waals surface area contributed by atoms with E-state index in [0.29, 0.717) is 5.92 Å². The Labute approximate surface area is 179 Å². The fourth-order valence-electron chi connectivity index (χ4n) is 4.50. The zero-order chi connectivity index (χ0) is 20.7. The normalized spacial score (nSPS) is 24.6. The molecule has 0 spiro atoms. The Balaban J connectivity index is 1.50. The highest BCUT2D eigenvalue weighted by Crippen LogP contribution is 2.21. The Hall–Kier alpha value is -0.850. The number of likely N-dealkylation sites (tertiary alicyclic amines) is 1. The maximum atomic E-state index is 5.83. The molecule has 2 aliphatic rings. The molecule has 0 amide bonds. The molecule has 0 aromatic heterocycles. The molecule has 0 radical (unpaired) electrons. The van der Waals surface area contributed by atoms with Crippen LogP contribution in [0.25, 0.3) is 0 Å². The van der Waals surface area contributed by atoms with Gasteiger partial charge >= 0.3 is 0 Å². The first-order valence-corrected chi connectivity index (χ1v) is 12.1. The van der Waals surface area contributed by atoms with Crippen molar-refractivity contribution in [3.8, 4) is 0 Å². The number of rotatable bonds is 12. The van der Waals surface area contributed by atoms with Gasteiger partial charge in [-0.2, -0.15) is 0 Å². The molecule has 2 unspecified atom stereocenters. The van der Waals surface area contributed by atoms with Gasteiger partial charge in [-0.05, 0) is 69.7 Å². The number of hydrogen-bond acceptors (Lipinski definition) is 4. The third-order valence-corrected chi connectivity index (χ3v) is 5.89. The summed E-state index contributed by atoms with van der Waals surface area (Å²) in [6.07, 6.45) is 7.10. The van der Waals surface area contributed by atoms with E-state index in [4.69, 9.17) is 9.47 Å². The van der Waals surface area contributed by atoms with Crippen molar-refractivity contribution in [1.82, 2.24) is 15.5 Å². The number of aliphatic imine (C=N–C) groups is 1. The molecule has 2 atom stereocenters. The van der Waals surface area contributed by atoms with Crippen LogP contribution in [0.2, 0.25) is 0 Å². The third-order valence-electron chi connectivity index (χ3n) is 5.89. The van der Waals surface area contributed by atoms with Crippen molar-refractivity contribution in [2.75, 3.05) is 65.7 Å². The summed E-state index contributed by atoms with van der Waals surface area (Å²) in [5, 5.41) is 6.84. The van der Waals surface area contributed by atoms with Gasteiger partial charge in [0.05, 0.1) is 0 Å². The molecule has 2 rings (SSSR count). The largest absolute Gasteiger partial charge is 0.381 e. The molecule has 2 aliphatic heterocycles. The van der Waals surface area contributed by atoms with Crippen LogP contribution >= 0.6 is 0 Å². The van der Waals surface area contributed by atoms with Crippen LogP contribution < -0.4 is 10.6 Å². The minimum absolute atomic E-state index is 0.683. The second-order valence-corrected chi connectivity index (χ2v) is 9.08. The predicted octanol–water partition coefficient (Wildman–Crippen LogP) is 3.13. The zero-order valence-corrected chi connectivity index (χ0v) is 19.3. The van der Waals surface area contributed by atoms with Crippen LogP contribution in [0.3, 0.4) is 0 Å². The van der Waals surface area contributed by atoms with Crippen LogP contribution in [-0.4, -0.2) is 76.6 Å². The van der Waals surface area contributed by atoms with E-state index < -0.39 is 0 Å². The number of piperidine rings is 1. The summed E-state index contributed by atoms with van der Waals surface area (Å²) in [6.45, 7) is 16.8. The maximum absolute atomic E-state index is 5.83. The first kappa shape index (κ1) is 24.4. The van der Waals surface area contributed by atoms with Crippen LogP contribution in [0.15, 0.2) is 4.99 Å². The van der Waals surface area contributed by atoms with E-state index in [2.05, 4.69) is 41.3 Å². The molecule has 0 aromatic rings. The highest BCUT2D eigenvalue weighted by atomic mass is 16.5. The van der Waals surface area contributed by atoms with Crippen molar-refractivity contribution >= 4 is 5.96 Å². The van der Waals surface area contributed by atoms with Gasteiger partial charge in [-0.3, -0.25) is 4.99 Å². The summed E-state index contributed by atoms with van der Waals surface area (Å²) in [5.74, 6) is 3.33. The summed E-state index contributed by atoms with van der Waals surface area (Å²) < 4.78 is 11.2. The summed E-state index contributed by atoms with van der Waals surface area (Å²) in [7, 11) is 0. The van der Waals surface area contributed by atoms with Crippen molar-refractivity contribution in [1.29, 1.82) is 0 Å². The Morgan fingerprint density at radius 3 is 2.55 bits per heavy atom. The fourth-order valence-corrected chi connectivity index (χ4v) is 4.50. The molecule has 6 heteroatoms. The van der Waals surface area contributed by atoms with Crippen molar-refractivity contribution in [3.05, 3.63) is 0 Å². The van der Waals surface area contributed by atoms with Crippen LogP contribution in [0.5, 0.6) is 0 Å². The summed E-state index contributed by atoms with van der Waals surface area (Å²) in [6, 6.07) is 0. The summed E-state index contributed by atoms with van der Waals surface area (Å²) in [4.78, 5) is 7.34. The Kier molecular flexibility index (Phi) is 12.7. The van der Waals surface area contributed by atoms with E-state index in [0.717, 1.165) is 83.1 Å². The predicted molar refractivity (Wildman–Crippen MR) is 122 cm³/mol. The van der Waals surface area contributed by atoms with Crippen molar-refractivity contribution < 1.29 is 9.47 Å². The van der Waals surface area contributed by atoms with Crippen LogP contribution in [-0.2, 0) is 9.47 Å². The van der Waals surface area contributed by atoms with Gasteiger partial charge in [-0.1, -0.05) is 13.8 Å². The third kappa shape index (κ3) is 11.2. The summed E-state index contributed by atoms with van der Waals surface area (Å²) >= 11 is 0. The monoisotopic (exact) mass is 410 g/mol. The number of ether oxygens (including phenoxy) is 2. The second-order valence-electron chi connectivity index (χ2n) is 9.08. The molecule has 0 aromatic carbocycles. The van der Waals surface area contributed by atoms with Gasteiger partial charge in [-0.25, -0.2) is 0 Å². The molecule has 2 saturated heterocycles. The molecule has 6 nitrogen and oxygen atoms in total. The van der Waals surface area contributed by atoms with Crippen LogP contribution in [0.1, 0.15) is 59.3 Å². The molecular formula is C23H46N4O2. The molecule has 0 bridgehead atoms. The Morgan fingerprint density at radius 2 is 1.83 bits per heavy atom. The van der Waals surface area contributed by atoms with Crippen molar-refractivity contribution in [2.45, 2.75) is 59.3 Å². The van der Waals surface area contributed by atoms with E-state index in [1.54, 1.807) is 0 Å². The Bertz CT molecular complexity index is 431. The maximum Gasteiger partial charge on any atom is 0.191 e. The standard InChI is InChI=1S/C23H46N4O2/c1-4-24-23(26-11-7-13-29-19-22-8-14-28-15-9-22)25-10-5-6-12-27-17-20(2)16-21(3)18-27/h20-22H,4-19H2,1-3H3,(H2,24,25,26). The minimum atomic E-state index is 0.683. The number of nitrogens with one attached hydrogen (secondary N) is 2. The van der Waals surface area contributed by atoms with Gasteiger partial charge in [-0.15, -0.1) is 0 Å². The Morgan fingerprint density at radius 1 is 1.07 bits per heavy atom. The molecule has 2 heterocycles. The highest BCUT2D eigenvalue weighted by Gasteiger charge is 2.20. The number of hydrogen-bond donors (Lipinski definition) is 2. The van der Waals surface area contributed by atoms with Gasteiger partial charge in [0.15, 0.2) is 5.96 Å². The minimum Gasteiger partial charge on any atom is -0.381 e. The average molecular weight is 411 g/mol. The smallest absolute Gasteiger partial charge is 0.191 e. The fraction of sp³-hybridized carbons (Fsp3) is 0.957. The van der Waals surface area contributed by atoms with Gasteiger partial charge in [0.1, 0.15) is 0 Å². The number of nitrogens with zero attached hydrogens (tertiary/aromatic N) is 2.